The second-order valence-electron chi connectivity index (χ2n) is 4.47. The van der Waals surface area contributed by atoms with Crippen molar-refractivity contribution >= 4 is 15.9 Å². The summed E-state index contributed by atoms with van der Waals surface area (Å²) < 4.78 is 8.12. The van der Waals surface area contributed by atoms with Gasteiger partial charge in [-0.05, 0) is 40.5 Å². The third-order valence-electron chi connectivity index (χ3n) is 2.90. The van der Waals surface area contributed by atoms with Crippen LogP contribution in [0.3, 0.4) is 0 Å². The van der Waals surface area contributed by atoms with Crippen molar-refractivity contribution < 1.29 is 9.84 Å². The van der Waals surface area contributed by atoms with Crippen molar-refractivity contribution in [2.24, 2.45) is 7.05 Å². The maximum atomic E-state index is 10.1. The van der Waals surface area contributed by atoms with Crippen molar-refractivity contribution in [2.75, 3.05) is 6.61 Å². The molecule has 2 aromatic rings. The number of nitrogens with zero attached hydrogens (tertiary/aromatic N) is 2. The zero-order chi connectivity index (χ0) is 13.8. The molecule has 0 amide bonds. The fraction of sp³-hybridized carbons (Fsp3) is 0.357. The van der Waals surface area contributed by atoms with Crippen LogP contribution in [-0.4, -0.2) is 21.5 Å². The first-order chi connectivity index (χ1) is 9.08. The first-order valence-electron chi connectivity index (χ1n) is 6.13. The molecule has 0 aliphatic heterocycles. The predicted molar refractivity (Wildman–Crippen MR) is 77.2 cm³/mol. The second-order valence-corrected chi connectivity index (χ2v) is 5.33. The van der Waals surface area contributed by atoms with Gasteiger partial charge in [0.25, 0.3) is 0 Å². The summed E-state index contributed by atoms with van der Waals surface area (Å²) in [5.41, 5.74) is 1.93. The highest BCUT2D eigenvalue weighted by Crippen LogP contribution is 2.25. The maximum absolute atomic E-state index is 10.1. The molecule has 1 heterocycles. The lowest BCUT2D eigenvalue weighted by Gasteiger charge is -2.13. The fourth-order valence-corrected chi connectivity index (χ4v) is 2.54. The number of hydrogen-bond donors (Lipinski definition) is 1. The summed E-state index contributed by atoms with van der Waals surface area (Å²) in [5.74, 6) is 0.830. The standard InChI is InChI=1S/C14H17BrN2O2/c1-10-4-3-5-11(8-10)19-7-6-13(18)14-12(15)9-16-17(14)2/h3-5,8-9,13,18H,6-7H2,1-2H3. The van der Waals surface area contributed by atoms with Gasteiger partial charge >= 0.3 is 0 Å². The number of hydrogen-bond acceptors (Lipinski definition) is 3. The van der Waals surface area contributed by atoms with Gasteiger partial charge in [0, 0.05) is 13.5 Å². The highest BCUT2D eigenvalue weighted by atomic mass is 79.9. The average molecular weight is 325 g/mol. The van der Waals surface area contributed by atoms with E-state index >= 15 is 0 Å². The van der Waals surface area contributed by atoms with E-state index in [9.17, 15) is 5.11 Å². The van der Waals surface area contributed by atoms with E-state index in [1.807, 2.05) is 38.2 Å². The first kappa shape index (κ1) is 14.1. The van der Waals surface area contributed by atoms with Gasteiger partial charge in [-0.3, -0.25) is 4.68 Å². The summed E-state index contributed by atoms with van der Waals surface area (Å²) in [6.45, 7) is 2.48. The molecule has 1 atom stereocenters. The molecular formula is C14H17BrN2O2. The zero-order valence-corrected chi connectivity index (χ0v) is 12.6. The van der Waals surface area contributed by atoms with Crippen molar-refractivity contribution in [1.82, 2.24) is 9.78 Å². The van der Waals surface area contributed by atoms with E-state index in [0.29, 0.717) is 13.0 Å². The van der Waals surface area contributed by atoms with Gasteiger partial charge < -0.3 is 9.84 Å². The Morgan fingerprint density at radius 2 is 2.26 bits per heavy atom. The van der Waals surface area contributed by atoms with Crippen molar-refractivity contribution in [3.8, 4) is 5.75 Å². The zero-order valence-electron chi connectivity index (χ0n) is 11.0. The normalized spacial score (nSPS) is 12.4. The number of aromatic nitrogens is 2. The van der Waals surface area contributed by atoms with E-state index in [4.69, 9.17) is 4.74 Å². The van der Waals surface area contributed by atoms with Gasteiger partial charge in [0.15, 0.2) is 0 Å². The summed E-state index contributed by atoms with van der Waals surface area (Å²) in [4.78, 5) is 0. The number of aliphatic hydroxyl groups excluding tert-OH is 1. The molecule has 0 radical (unpaired) electrons. The Morgan fingerprint density at radius 3 is 2.89 bits per heavy atom. The van der Waals surface area contributed by atoms with Gasteiger partial charge in [-0.25, -0.2) is 0 Å². The molecule has 5 heteroatoms. The van der Waals surface area contributed by atoms with Crippen molar-refractivity contribution in [3.05, 3.63) is 46.2 Å². The highest BCUT2D eigenvalue weighted by molar-refractivity contribution is 9.10. The molecule has 0 saturated carbocycles. The number of halogens is 1. The summed E-state index contributed by atoms with van der Waals surface area (Å²) >= 11 is 3.38. The Morgan fingerprint density at radius 1 is 1.47 bits per heavy atom. The van der Waals surface area contributed by atoms with Crippen molar-refractivity contribution in [2.45, 2.75) is 19.4 Å². The lowest BCUT2D eigenvalue weighted by atomic mass is 10.2. The Hall–Kier alpha value is -1.33. The van der Waals surface area contributed by atoms with Crippen LogP contribution >= 0.6 is 15.9 Å². The van der Waals surface area contributed by atoms with E-state index in [1.54, 1.807) is 10.9 Å². The van der Waals surface area contributed by atoms with E-state index in [-0.39, 0.29) is 0 Å². The fourth-order valence-electron chi connectivity index (χ4n) is 1.93. The van der Waals surface area contributed by atoms with Gasteiger partial charge in [-0.15, -0.1) is 0 Å². The quantitative estimate of drug-likeness (QED) is 0.919. The third-order valence-corrected chi connectivity index (χ3v) is 3.51. The predicted octanol–water partition coefficient (Wildman–Crippen LogP) is 2.99. The SMILES string of the molecule is Cc1cccc(OCCC(O)c2c(Br)cnn2C)c1. The number of benzene rings is 1. The number of rotatable bonds is 5. The Kier molecular flexibility index (Phi) is 4.61. The molecule has 19 heavy (non-hydrogen) atoms. The Bertz CT molecular complexity index is 535. The Labute approximate surface area is 121 Å². The van der Waals surface area contributed by atoms with Crippen LogP contribution in [0.1, 0.15) is 23.8 Å². The van der Waals surface area contributed by atoms with Crippen LogP contribution in [0.25, 0.3) is 0 Å². The first-order valence-corrected chi connectivity index (χ1v) is 6.92. The molecular weight excluding hydrogens is 308 g/mol. The Balaban J connectivity index is 1.89. The average Bonchev–Trinajstić information content (AvgIpc) is 2.69. The van der Waals surface area contributed by atoms with Gasteiger partial charge in [0.2, 0.25) is 0 Å². The van der Waals surface area contributed by atoms with Crippen molar-refractivity contribution in [3.63, 3.8) is 0 Å². The van der Waals surface area contributed by atoms with Crippen LogP contribution in [0.2, 0.25) is 0 Å². The molecule has 1 unspecified atom stereocenters. The van der Waals surface area contributed by atoms with Gasteiger partial charge in [-0.1, -0.05) is 12.1 Å². The van der Waals surface area contributed by atoms with Gasteiger partial charge in [0.1, 0.15) is 5.75 Å². The largest absolute Gasteiger partial charge is 0.493 e. The monoisotopic (exact) mass is 324 g/mol. The van der Waals surface area contributed by atoms with Crippen LogP contribution in [0.5, 0.6) is 5.75 Å². The molecule has 0 aliphatic rings. The number of aliphatic hydroxyl groups is 1. The second kappa shape index (κ2) is 6.21. The van der Waals surface area contributed by atoms with Crippen LogP contribution in [-0.2, 0) is 7.05 Å². The minimum absolute atomic E-state index is 0.461. The summed E-state index contributed by atoms with van der Waals surface area (Å²) in [6.07, 6.45) is 1.61. The smallest absolute Gasteiger partial charge is 0.119 e. The molecule has 2 rings (SSSR count). The topological polar surface area (TPSA) is 47.3 Å². The molecule has 1 aromatic carbocycles. The number of aryl methyl sites for hydroxylation is 2. The summed E-state index contributed by atoms with van der Waals surface area (Å²) in [7, 11) is 1.81. The minimum atomic E-state index is -0.591. The molecule has 0 saturated heterocycles. The maximum Gasteiger partial charge on any atom is 0.119 e. The van der Waals surface area contributed by atoms with Crippen molar-refractivity contribution in [1.29, 1.82) is 0 Å². The van der Waals surface area contributed by atoms with Gasteiger partial charge in [0.05, 0.1) is 29.1 Å². The molecule has 0 aliphatic carbocycles. The van der Waals surface area contributed by atoms with Crippen LogP contribution in [0.15, 0.2) is 34.9 Å². The molecule has 0 spiro atoms. The molecule has 4 nitrogen and oxygen atoms in total. The van der Waals surface area contributed by atoms with E-state index in [0.717, 1.165) is 21.5 Å². The highest BCUT2D eigenvalue weighted by Gasteiger charge is 2.16. The lowest BCUT2D eigenvalue weighted by Crippen LogP contribution is -2.10. The molecule has 1 N–H and O–H groups in total. The van der Waals surface area contributed by atoms with E-state index < -0.39 is 6.10 Å². The number of ether oxygens (including phenoxy) is 1. The van der Waals surface area contributed by atoms with Crippen LogP contribution < -0.4 is 4.74 Å². The molecule has 0 bridgehead atoms. The third kappa shape index (κ3) is 3.58. The lowest BCUT2D eigenvalue weighted by molar-refractivity contribution is 0.132. The van der Waals surface area contributed by atoms with E-state index in [2.05, 4.69) is 21.0 Å². The van der Waals surface area contributed by atoms with Crippen LogP contribution in [0.4, 0.5) is 0 Å². The molecule has 0 fully saturated rings. The summed E-state index contributed by atoms with van der Waals surface area (Å²) in [6, 6.07) is 7.87. The van der Waals surface area contributed by atoms with E-state index in [1.165, 1.54) is 0 Å². The minimum Gasteiger partial charge on any atom is -0.493 e. The summed E-state index contributed by atoms with van der Waals surface area (Å²) in [5, 5.41) is 14.2. The van der Waals surface area contributed by atoms with Crippen LogP contribution in [0, 0.1) is 6.92 Å². The van der Waals surface area contributed by atoms with Gasteiger partial charge in [-0.2, -0.15) is 5.10 Å². The molecule has 102 valence electrons. The molecule has 1 aromatic heterocycles.